The Morgan fingerprint density at radius 3 is 2.76 bits per heavy atom. The molecule has 0 spiro atoms. The number of ether oxygens (including phenoxy) is 1. The Labute approximate surface area is 131 Å². The Bertz CT molecular complexity index is 758. The molecule has 2 aromatic rings. The maximum Gasteiger partial charge on any atom is 0.267 e. The smallest absolute Gasteiger partial charge is 0.267 e. The molecule has 21 heavy (non-hydrogen) atoms. The Kier molecular flexibility index (Phi) is 4.43. The summed E-state index contributed by atoms with van der Waals surface area (Å²) in [6, 6.07) is 5.01. The largest absolute Gasteiger partial charge is 0.495 e. The van der Waals surface area contributed by atoms with Gasteiger partial charge in [-0.05, 0) is 25.1 Å². The Morgan fingerprint density at radius 2 is 2.19 bits per heavy atom. The molecule has 0 aliphatic rings. The third kappa shape index (κ3) is 3.30. The quantitative estimate of drug-likeness (QED) is 0.834. The van der Waals surface area contributed by atoms with Crippen LogP contribution in [-0.2, 0) is 16.6 Å². The van der Waals surface area contributed by atoms with Crippen molar-refractivity contribution in [3.8, 4) is 5.75 Å². The van der Waals surface area contributed by atoms with Crippen LogP contribution in [0.1, 0.15) is 6.92 Å². The first kappa shape index (κ1) is 15.6. The number of nitrogens with zero attached hydrogens (tertiary/aromatic N) is 2. The minimum absolute atomic E-state index is 0.0432. The zero-order valence-electron chi connectivity index (χ0n) is 11.5. The summed E-state index contributed by atoms with van der Waals surface area (Å²) in [6.45, 7) is 2.37. The summed E-state index contributed by atoms with van der Waals surface area (Å²) in [7, 11) is -2.38. The lowest BCUT2D eigenvalue weighted by atomic mass is 10.3. The molecule has 0 fully saturated rings. The normalized spacial score (nSPS) is 11.4. The van der Waals surface area contributed by atoms with Crippen molar-refractivity contribution in [3.63, 3.8) is 0 Å². The summed E-state index contributed by atoms with van der Waals surface area (Å²) < 4.78 is 34.6. The average Bonchev–Trinajstić information content (AvgIpc) is 2.81. The van der Waals surface area contributed by atoms with Gasteiger partial charge in [-0.3, -0.25) is 9.40 Å². The lowest BCUT2D eigenvalue weighted by molar-refractivity contribution is 0.417. The van der Waals surface area contributed by atoms with Gasteiger partial charge < -0.3 is 10.5 Å². The summed E-state index contributed by atoms with van der Waals surface area (Å²) in [6.07, 6.45) is 1.39. The Balaban J connectivity index is 2.41. The van der Waals surface area contributed by atoms with Crippen LogP contribution in [0.3, 0.4) is 0 Å². The molecule has 9 heteroatoms. The maximum atomic E-state index is 12.4. The number of aromatic nitrogens is 2. The van der Waals surface area contributed by atoms with Crippen LogP contribution >= 0.6 is 15.9 Å². The van der Waals surface area contributed by atoms with E-state index in [1.165, 1.54) is 18.0 Å². The molecule has 0 aliphatic carbocycles. The standard InChI is InChI=1S/C12H15BrN4O3S/c1-3-17-7-11(12(14)15-17)21(18,19)16-9-6-8(13)4-5-10(9)20-2/h4-7,16H,3H2,1-2H3,(H2,14,15). The molecule has 0 aliphatic heterocycles. The highest BCUT2D eigenvalue weighted by Crippen LogP contribution is 2.30. The zero-order chi connectivity index (χ0) is 15.6. The Morgan fingerprint density at radius 1 is 1.48 bits per heavy atom. The van der Waals surface area contributed by atoms with E-state index < -0.39 is 10.0 Å². The molecule has 0 amide bonds. The van der Waals surface area contributed by atoms with Crippen molar-refractivity contribution in [1.82, 2.24) is 9.78 Å². The fourth-order valence-electron chi connectivity index (χ4n) is 1.75. The van der Waals surface area contributed by atoms with Gasteiger partial charge in [-0.25, -0.2) is 8.42 Å². The van der Waals surface area contributed by atoms with E-state index in [0.717, 1.165) is 4.47 Å². The highest BCUT2D eigenvalue weighted by atomic mass is 79.9. The van der Waals surface area contributed by atoms with E-state index in [2.05, 4.69) is 25.8 Å². The number of nitrogens with two attached hydrogens (primary N) is 1. The number of aryl methyl sites for hydroxylation is 1. The number of hydrogen-bond donors (Lipinski definition) is 2. The van der Waals surface area contributed by atoms with Gasteiger partial charge in [-0.2, -0.15) is 5.10 Å². The summed E-state index contributed by atoms with van der Waals surface area (Å²) in [5.41, 5.74) is 5.98. The molecule has 0 radical (unpaired) electrons. The van der Waals surface area contributed by atoms with Crippen LogP contribution in [0.4, 0.5) is 11.5 Å². The van der Waals surface area contributed by atoms with Crippen molar-refractivity contribution in [3.05, 3.63) is 28.9 Å². The second-order valence-corrected chi connectivity index (χ2v) is 6.75. The fourth-order valence-corrected chi connectivity index (χ4v) is 3.24. The van der Waals surface area contributed by atoms with E-state index in [1.807, 2.05) is 6.92 Å². The summed E-state index contributed by atoms with van der Waals surface area (Å²) in [5, 5.41) is 3.93. The number of anilines is 2. The number of benzene rings is 1. The van der Waals surface area contributed by atoms with Crippen LogP contribution in [-0.4, -0.2) is 25.3 Å². The van der Waals surface area contributed by atoms with Crippen molar-refractivity contribution in [1.29, 1.82) is 0 Å². The molecule has 3 N–H and O–H groups in total. The minimum Gasteiger partial charge on any atom is -0.495 e. The van der Waals surface area contributed by atoms with Crippen LogP contribution in [0.2, 0.25) is 0 Å². The van der Waals surface area contributed by atoms with Crippen molar-refractivity contribution in [2.24, 2.45) is 0 Å². The molecule has 0 unspecified atom stereocenters. The van der Waals surface area contributed by atoms with E-state index in [4.69, 9.17) is 10.5 Å². The van der Waals surface area contributed by atoms with Crippen LogP contribution in [0.25, 0.3) is 0 Å². The molecule has 7 nitrogen and oxygen atoms in total. The molecule has 0 bridgehead atoms. The maximum absolute atomic E-state index is 12.4. The first-order chi connectivity index (χ1) is 9.87. The second kappa shape index (κ2) is 5.94. The third-order valence-electron chi connectivity index (χ3n) is 2.77. The van der Waals surface area contributed by atoms with Gasteiger partial charge in [-0.1, -0.05) is 15.9 Å². The van der Waals surface area contributed by atoms with Gasteiger partial charge in [0.2, 0.25) is 0 Å². The highest BCUT2D eigenvalue weighted by Gasteiger charge is 2.22. The molecular weight excluding hydrogens is 360 g/mol. The molecule has 0 saturated heterocycles. The Hall–Kier alpha value is -1.74. The molecule has 1 aromatic heterocycles. The van der Waals surface area contributed by atoms with Gasteiger partial charge in [0.25, 0.3) is 10.0 Å². The number of halogens is 1. The topological polar surface area (TPSA) is 99.2 Å². The number of methoxy groups -OCH3 is 1. The number of rotatable bonds is 5. The van der Waals surface area contributed by atoms with Crippen molar-refractivity contribution >= 4 is 37.5 Å². The lowest BCUT2D eigenvalue weighted by Gasteiger charge is -2.11. The number of nitrogen functional groups attached to an aromatic ring is 1. The first-order valence-electron chi connectivity index (χ1n) is 6.06. The average molecular weight is 375 g/mol. The van der Waals surface area contributed by atoms with Crippen LogP contribution in [0.5, 0.6) is 5.75 Å². The molecule has 1 aromatic carbocycles. The van der Waals surface area contributed by atoms with Gasteiger partial charge >= 0.3 is 0 Å². The number of hydrogen-bond acceptors (Lipinski definition) is 5. The predicted molar refractivity (Wildman–Crippen MR) is 83.8 cm³/mol. The van der Waals surface area contributed by atoms with E-state index in [-0.39, 0.29) is 10.7 Å². The molecule has 0 saturated carbocycles. The number of nitrogens with one attached hydrogen (secondary N) is 1. The molecule has 114 valence electrons. The van der Waals surface area contributed by atoms with E-state index in [0.29, 0.717) is 18.0 Å². The minimum atomic E-state index is -3.84. The lowest BCUT2D eigenvalue weighted by Crippen LogP contribution is -2.14. The van der Waals surface area contributed by atoms with Crippen LogP contribution in [0, 0.1) is 0 Å². The predicted octanol–water partition coefficient (Wildman–Crippen LogP) is 2.06. The van der Waals surface area contributed by atoms with Crippen LogP contribution < -0.4 is 15.2 Å². The van der Waals surface area contributed by atoms with Gasteiger partial charge in [0.05, 0.1) is 12.8 Å². The van der Waals surface area contributed by atoms with Crippen molar-refractivity contribution in [2.45, 2.75) is 18.4 Å². The second-order valence-electron chi connectivity index (χ2n) is 4.18. The summed E-state index contributed by atoms with van der Waals surface area (Å²) in [5.74, 6) is 0.363. The van der Waals surface area contributed by atoms with E-state index >= 15 is 0 Å². The van der Waals surface area contributed by atoms with Gasteiger partial charge in [0.1, 0.15) is 10.6 Å². The van der Waals surface area contributed by atoms with Gasteiger partial charge in [0, 0.05) is 17.2 Å². The van der Waals surface area contributed by atoms with E-state index in [1.54, 1.807) is 18.2 Å². The number of sulfonamides is 1. The summed E-state index contributed by atoms with van der Waals surface area (Å²) in [4.78, 5) is -0.0635. The molecule has 1 heterocycles. The molecule has 2 rings (SSSR count). The van der Waals surface area contributed by atoms with Crippen molar-refractivity contribution in [2.75, 3.05) is 17.6 Å². The summed E-state index contributed by atoms with van der Waals surface area (Å²) >= 11 is 3.29. The van der Waals surface area contributed by atoms with Gasteiger partial charge in [-0.15, -0.1) is 0 Å². The van der Waals surface area contributed by atoms with Crippen molar-refractivity contribution < 1.29 is 13.2 Å². The zero-order valence-corrected chi connectivity index (χ0v) is 13.9. The molecular formula is C12H15BrN4O3S. The third-order valence-corrected chi connectivity index (χ3v) is 4.65. The monoisotopic (exact) mass is 374 g/mol. The van der Waals surface area contributed by atoms with Gasteiger partial charge in [0.15, 0.2) is 5.82 Å². The SMILES string of the molecule is CCn1cc(S(=O)(=O)Nc2cc(Br)ccc2OC)c(N)n1. The molecule has 0 atom stereocenters. The van der Waals surface area contributed by atoms with E-state index in [9.17, 15) is 8.42 Å². The van der Waals surface area contributed by atoms with Crippen LogP contribution in [0.15, 0.2) is 33.8 Å². The highest BCUT2D eigenvalue weighted by molar-refractivity contribution is 9.10. The fraction of sp³-hybridized carbons (Fsp3) is 0.250. The first-order valence-corrected chi connectivity index (χ1v) is 8.34.